The minimum atomic E-state index is -5.42. The van der Waals surface area contributed by atoms with Gasteiger partial charge in [-0.2, -0.15) is 4.31 Å². The lowest BCUT2D eigenvalue weighted by Gasteiger charge is -2.22. The molecule has 0 radical (unpaired) electrons. The Balaban J connectivity index is 1.14. The number of carbonyl (C=O) groups is 2. The highest BCUT2D eigenvalue weighted by molar-refractivity contribution is 7.61. The van der Waals surface area contributed by atoms with E-state index >= 15 is 0 Å². The van der Waals surface area contributed by atoms with E-state index in [1.54, 1.807) is 52.0 Å². The second-order valence-corrected chi connectivity index (χ2v) is 17.6. The van der Waals surface area contributed by atoms with Gasteiger partial charge < -0.3 is 33.8 Å². The standard InChI is InChI=1S/C39H43N3O17P2/c1-23(2)37(46)55-27-13-9-25(10-14-27)20-53-61(51,54-21-26-11-15-28(16-12-26)56-38(47)24(3)4)59-60(49,50)52-22-32-34(44)35(45)36(57-32)41-18-17-33(43)42(39(41)48)19-30-29-7-5-6-8-31(29)58-40-30/h5-18,23-24,32,34-36,44-45H,19-22H2,1-4H3,(H,49,50)/t32-,34-,35-,36-/m1/s1. The first-order valence-electron chi connectivity index (χ1n) is 18.8. The highest BCUT2D eigenvalue weighted by Gasteiger charge is 2.46. The SMILES string of the molecule is CC(C)C(=O)Oc1ccc(COP(=O)(OCc2ccc(OC(=O)C(C)C)cc2)OP(=O)(O)OC[C@H]2O[C@@H](n3ccc(=O)n(Cc4noc5ccccc45)c3=O)[C@H](O)[C@@H]2O)cc1. The molecule has 1 saturated heterocycles. The maximum absolute atomic E-state index is 14.0. The largest absolute Gasteiger partial charge is 0.484 e. The molecular weight excluding hydrogens is 844 g/mol. The van der Waals surface area contributed by atoms with Crippen LogP contribution in [0.25, 0.3) is 11.0 Å². The van der Waals surface area contributed by atoms with E-state index in [9.17, 15) is 43.4 Å². The highest BCUT2D eigenvalue weighted by atomic mass is 31.3. The molecule has 1 fully saturated rings. The van der Waals surface area contributed by atoms with Crippen molar-refractivity contribution in [3.8, 4) is 11.5 Å². The van der Waals surface area contributed by atoms with Crippen molar-refractivity contribution < 1.29 is 70.4 Å². The van der Waals surface area contributed by atoms with Crippen LogP contribution < -0.4 is 20.7 Å². The summed E-state index contributed by atoms with van der Waals surface area (Å²) in [4.78, 5) is 61.0. The van der Waals surface area contributed by atoms with Crippen LogP contribution in [-0.4, -0.2) is 66.3 Å². The number of fused-ring (bicyclic) bond motifs is 1. The number of phosphoric ester groups is 2. The minimum Gasteiger partial charge on any atom is -0.426 e. The van der Waals surface area contributed by atoms with Crippen LogP contribution in [0.1, 0.15) is 50.7 Å². The van der Waals surface area contributed by atoms with Gasteiger partial charge in [0.25, 0.3) is 5.56 Å². The number of para-hydroxylation sites is 1. The van der Waals surface area contributed by atoms with Gasteiger partial charge in [-0.05, 0) is 47.5 Å². The van der Waals surface area contributed by atoms with E-state index in [0.717, 1.165) is 21.4 Å². The molecule has 61 heavy (non-hydrogen) atoms. The van der Waals surface area contributed by atoms with Gasteiger partial charge in [0.2, 0.25) is 0 Å². The van der Waals surface area contributed by atoms with E-state index < -0.39 is 83.2 Å². The molecule has 3 heterocycles. The Morgan fingerprint density at radius 2 is 1.34 bits per heavy atom. The van der Waals surface area contributed by atoms with Crippen molar-refractivity contribution in [1.82, 2.24) is 14.3 Å². The van der Waals surface area contributed by atoms with Gasteiger partial charge in [0.05, 0.1) is 38.2 Å². The summed E-state index contributed by atoms with van der Waals surface area (Å²) in [5, 5.41) is 26.2. The molecule has 3 N–H and O–H groups in total. The van der Waals surface area contributed by atoms with Crippen LogP contribution in [0.3, 0.4) is 0 Å². The molecule has 3 aromatic carbocycles. The number of hydrogen-bond acceptors (Lipinski definition) is 17. The van der Waals surface area contributed by atoms with Crippen LogP contribution in [0.2, 0.25) is 0 Å². The Bertz CT molecular complexity index is 2480. The number of phosphoric acid groups is 2. The molecule has 1 unspecified atom stereocenters. The average molecular weight is 888 g/mol. The van der Waals surface area contributed by atoms with Crippen molar-refractivity contribution in [1.29, 1.82) is 0 Å². The van der Waals surface area contributed by atoms with E-state index in [0.29, 0.717) is 22.1 Å². The fourth-order valence-corrected chi connectivity index (χ4v) is 8.25. The quantitative estimate of drug-likeness (QED) is 0.0616. The molecule has 2 aromatic heterocycles. The van der Waals surface area contributed by atoms with Gasteiger partial charge in [0, 0.05) is 17.6 Å². The molecular formula is C39H43N3O17P2. The topological polar surface area (TPSA) is 264 Å². The van der Waals surface area contributed by atoms with Gasteiger partial charge in [-0.1, -0.05) is 69.2 Å². The predicted molar refractivity (Wildman–Crippen MR) is 212 cm³/mol. The average Bonchev–Trinajstić information content (AvgIpc) is 3.76. The Kier molecular flexibility index (Phi) is 14.4. The monoisotopic (exact) mass is 887 g/mol. The minimum absolute atomic E-state index is 0.226. The summed E-state index contributed by atoms with van der Waals surface area (Å²) in [7, 11) is -10.4. The summed E-state index contributed by atoms with van der Waals surface area (Å²) in [5.74, 6) is -1.24. The lowest BCUT2D eigenvalue weighted by atomic mass is 10.1. The third-order valence-corrected chi connectivity index (χ3v) is 12.1. The molecule has 326 valence electrons. The Morgan fingerprint density at radius 1 is 0.787 bits per heavy atom. The lowest BCUT2D eigenvalue weighted by Crippen LogP contribution is -2.43. The van der Waals surface area contributed by atoms with Crippen molar-refractivity contribution in [2.24, 2.45) is 11.8 Å². The third kappa shape index (κ3) is 11.4. The molecule has 0 amide bonds. The van der Waals surface area contributed by atoms with Gasteiger partial charge in [-0.15, -0.1) is 0 Å². The fourth-order valence-electron chi connectivity index (χ4n) is 5.65. The Morgan fingerprint density at radius 3 is 1.90 bits per heavy atom. The number of carbonyl (C=O) groups excluding carboxylic acids is 2. The zero-order chi connectivity index (χ0) is 44.1. The number of nitrogens with zero attached hydrogens (tertiary/aromatic N) is 3. The van der Waals surface area contributed by atoms with Gasteiger partial charge >= 0.3 is 33.3 Å². The maximum atomic E-state index is 14.0. The molecule has 1 aliphatic rings. The fraction of sp³-hybridized carbons (Fsp3) is 0.359. The number of ether oxygens (including phenoxy) is 3. The van der Waals surface area contributed by atoms with Gasteiger partial charge in [0.1, 0.15) is 35.5 Å². The Hall–Kier alpha value is -5.11. The van der Waals surface area contributed by atoms with E-state index in [2.05, 4.69) is 5.16 Å². The first-order valence-corrected chi connectivity index (χ1v) is 21.7. The summed E-state index contributed by atoms with van der Waals surface area (Å²) in [5.41, 5.74) is -0.222. The van der Waals surface area contributed by atoms with Crippen molar-refractivity contribution in [3.63, 3.8) is 0 Å². The second-order valence-electron chi connectivity index (χ2n) is 14.4. The van der Waals surface area contributed by atoms with Crippen LogP contribution in [0.15, 0.2) is 99.2 Å². The molecule has 0 bridgehead atoms. The lowest BCUT2D eigenvalue weighted by molar-refractivity contribution is -0.138. The molecule has 20 nitrogen and oxygen atoms in total. The summed E-state index contributed by atoms with van der Waals surface area (Å²) in [6.07, 6.45) is -5.73. The highest BCUT2D eigenvalue weighted by Crippen LogP contribution is 2.64. The number of hydrogen-bond donors (Lipinski definition) is 3. The zero-order valence-electron chi connectivity index (χ0n) is 33.2. The molecule has 5 aromatic rings. The van der Waals surface area contributed by atoms with E-state index in [-0.39, 0.29) is 35.6 Å². The summed E-state index contributed by atoms with van der Waals surface area (Å²) >= 11 is 0. The molecule has 0 saturated carbocycles. The molecule has 22 heteroatoms. The molecule has 5 atom stereocenters. The second kappa shape index (κ2) is 19.3. The number of aliphatic hydroxyl groups excluding tert-OH is 2. The first kappa shape index (κ1) is 45.4. The van der Waals surface area contributed by atoms with Crippen molar-refractivity contribution in [3.05, 3.63) is 123 Å². The molecule has 6 rings (SSSR count). The normalized spacial score (nSPS) is 19.0. The Labute approximate surface area is 347 Å². The van der Waals surface area contributed by atoms with E-state index in [1.807, 2.05) is 0 Å². The predicted octanol–water partition coefficient (Wildman–Crippen LogP) is 4.62. The zero-order valence-corrected chi connectivity index (χ0v) is 35.0. The van der Waals surface area contributed by atoms with Crippen molar-refractivity contribution in [2.75, 3.05) is 6.61 Å². The first-order chi connectivity index (χ1) is 28.9. The number of aliphatic hydroxyl groups is 2. The number of aromatic nitrogens is 3. The molecule has 0 spiro atoms. The van der Waals surface area contributed by atoms with Crippen LogP contribution in [0, 0.1) is 11.8 Å². The van der Waals surface area contributed by atoms with Crippen LogP contribution in [0.4, 0.5) is 0 Å². The van der Waals surface area contributed by atoms with Crippen LogP contribution in [-0.2, 0) is 61.1 Å². The van der Waals surface area contributed by atoms with Crippen molar-refractivity contribution in [2.45, 2.75) is 72.0 Å². The summed E-state index contributed by atoms with van der Waals surface area (Å²) in [6, 6.07) is 19.6. The van der Waals surface area contributed by atoms with Crippen LogP contribution in [0.5, 0.6) is 11.5 Å². The number of rotatable bonds is 18. The molecule has 0 aliphatic carbocycles. The van der Waals surface area contributed by atoms with Gasteiger partial charge in [-0.3, -0.25) is 37.1 Å². The molecule has 1 aliphatic heterocycles. The van der Waals surface area contributed by atoms with E-state index in [4.69, 9.17) is 36.6 Å². The van der Waals surface area contributed by atoms with Gasteiger partial charge in [0.15, 0.2) is 11.8 Å². The summed E-state index contributed by atoms with van der Waals surface area (Å²) in [6.45, 7) is 4.42. The van der Waals surface area contributed by atoms with E-state index in [1.165, 1.54) is 48.5 Å². The van der Waals surface area contributed by atoms with Crippen molar-refractivity contribution >= 4 is 38.6 Å². The van der Waals surface area contributed by atoms with Gasteiger partial charge in [-0.25, -0.2) is 13.9 Å². The van der Waals surface area contributed by atoms with Crippen LogP contribution >= 0.6 is 15.6 Å². The number of benzene rings is 3. The number of esters is 2. The maximum Gasteiger partial charge on any atom is 0.484 e. The smallest absolute Gasteiger partial charge is 0.426 e. The third-order valence-electron chi connectivity index (χ3n) is 9.08. The summed E-state index contributed by atoms with van der Waals surface area (Å²) < 4.78 is 71.3.